The van der Waals surface area contributed by atoms with Gasteiger partial charge in [0.1, 0.15) is 18.1 Å². The van der Waals surface area contributed by atoms with Crippen molar-refractivity contribution < 1.29 is 23.8 Å². The minimum atomic E-state index is -0.486. The maximum atomic E-state index is 12.4. The van der Waals surface area contributed by atoms with Gasteiger partial charge in [-0.05, 0) is 30.5 Å². The number of hydrazine groups is 1. The van der Waals surface area contributed by atoms with Crippen molar-refractivity contribution in [2.75, 3.05) is 26.4 Å². The predicted molar refractivity (Wildman–Crippen MR) is 113 cm³/mol. The van der Waals surface area contributed by atoms with E-state index in [4.69, 9.17) is 14.2 Å². The summed E-state index contributed by atoms with van der Waals surface area (Å²) < 4.78 is 16.4. The average Bonchev–Trinajstić information content (AvgIpc) is 2.79. The largest absolute Gasteiger partial charge is 0.490 e. The van der Waals surface area contributed by atoms with Crippen molar-refractivity contribution in [1.82, 2.24) is 10.9 Å². The van der Waals surface area contributed by atoms with E-state index in [2.05, 4.69) is 10.9 Å². The predicted octanol–water partition coefficient (Wildman–Crippen LogP) is 3.10. The molecule has 7 heteroatoms. The van der Waals surface area contributed by atoms with E-state index in [1.54, 1.807) is 30.3 Å². The number of hydrogen-bond acceptors (Lipinski definition) is 5. The molecule has 0 unspecified atom stereocenters. The van der Waals surface area contributed by atoms with E-state index in [9.17, 15) is 9.59 Å². The molecule has 0 fully saturated rings. The molecule has 2 N–H and O–H groups in total. The molecule has 0 aliphatic heterocycles. The van der Waals surface area contributed by atoms with Gasteiger partial charge in [0, 0.05) is 12.0 Å². The van der Waals surface area contributed by atoms with E-state index in [1.807, 2.05) is 43.3 Å². The minimum Gasteiger partial charge on any atom is -0.490 e. The molecular formula is C23H24N2O5. The molecule has 0 bridgehead atoms. The second-order valence-corrected chi connectivity index (χ2v) is 6.31. The molecule has 0 spiro atoms. The molecule has 0 radical (unpaired) electrons. The summed E-state index contributed by atoms with van der Waals surface area (Å²) in [5.41, 5.74) is 5.05. The zero-order valence-corrected chi connectivity index (χ0v) is 16.7. The molecule has 156 valence electrons. The number of amides is 2. The fourth-order valence-corrected chi connectivity index (χ4v) is 2.83. The van der Waals surface area contributed by atoms with Crippen LogP contribution in [0.2, 0.25) is 0 Å². The van der Waals surface area contributed by atoms with Crippen LogP contribution in [0.3, 0.4) is 0 Å². The van der Waals surface area contributed by atoms with Crippen LogP contribution in [0.1, 0.15) is 17.3 Å². The van der Waals surface area contributed by atoms with Crippen molar-refractivity contribution in [2.24, 2.45) is 0 Å². The molecule has 3 aromatic rings. The number of fused-ring (bicyclic) bond motifs is 1. The van der Waals surface area contributed by atoms with Crippen molar-refractivity contribution >= 4 is 22.6 Å². The lowest BCUT2D eigenvalue weighted by Gasteiger charge is -2.13. The number of carbonyl (C=O) groups is 2. The highest BCUT2D eigenvalue weighted by Gasteiger charge is 2.13. The lowest BCUT2D eigenvalue weighted by molar-refractivity contribution is -0.123. The standard InChI is InChI=1S/C23H24N2O5/c1-2-28-14-15-29-21-12-6-5-11-19(21)23(27)25-24-22(26)16-30-20-13-7-9-17-8-3-4-10-18(17)20/h3-13H,2,14-16H2,1H3,(H,24,26)(H,25,27). The summed E-state index contributed by atoms with van der Waals surface area (Å²) in [6.45, 7) is 3.01. The van der Waals surface area contributed by atoms with Gasteiger partial charge in [-0.1, -0.05) is 48.5 Å². The Morgan fingerprint density at radius 3 is 2.40 bits per heavy atom. The van der Waals surface area contributed by atoms with Gasteiger partial charge in [0.15, 0.2) is 6.61 Å². The Morgan fingerprint density at radius 1 is 0.800 bits per heavy atom. The Balaban J connectivity index is 1.52. The zero-order chi connectivity index (χ0) is 21.2. The van der Waals surface area contributed by atoms with Crippen LogP contribution in [-0.4, -0.2) is 38.2 Å². The van der Waals surface area contributed by atoms with E-state index in [-0.39, 0.29) is 6.61 Å². The summed E-state index contributed by atoms with van der Waals surface area (Å²) in [5, 5.41) is 1.93. The van der Waals surface area contributed by atoms with E-state index >= 15 is 0 Å². The summed E-state index contributed by atoms with van der Waals surface area (Å²) in [6.07, 6.45) is 0. The van der Waals surface area contributed by atoms with Crippen molar-refractivity contribution in [3.05, 3.63) is 72.3 Å². The summed E-state index contributed by atoms with van der Waals surface area (Å²) in [6, 6.07) is 20.1. The maximum absolute atomic E-state index is 12.4. The van der Waals surface area contributed by atoms with Crippen LogP contribution in [0, 0.1) is 0 Å². The lowest BCUT2D eigenvalue weighted by atomic mass is 10.1. The third kappa shape index (κ3) is 5.71. The third-order valence-corrected chi connectivity index (χ3v) is 4.24. The molecule has 0 aliphatic rings. The Kier molecular flexibility index (Phi) is 7.63. The van der Waals surface area contributed by atoms with Crippen molar-refractivity contribution in [2.45, 2.75) is 6.92 Å². The molecule has 0 heterocycles. The molecule has 0 aromatic heterocycles. The van der Waals surface area contributed by atoms with Crippen molar-refractivity contribution in [1.29, 1.82) is 0 Å². The molecule has 3 aromatic carbocycles. The number of rotatable bonds is 9. The fourth-order valence-electron chi connectivity index (χ4n) is 2.83. The smallest absolute Gasteiger partial charge is 0.276 e. The van der Waals surface area contributed by atoms with Gasteiger partial charge in [-0.25, -0.2) is 0 Å². The third-order valence-electron chi connectivity index (χ3n) is 4.24. The maximum Gasteiger partial charge on any atom is 0.276 e. The summed E-state index contributed by atoms with van der Waals surface area (Å²) >= 11 is 0. The van der Waals surface area contributed by atoms with Crippen LogP contribution in [0.25, 0.3) is 10.8 Å². The minimum absolute atomic E-state index is 0.235. The first kappa shape index (κ1) is 21.1. The molecule has 0 saturated carbocycles. The second-order valence-electron chi connectivity index (χ2n) is 6.31. The Morgan fingerprint density at radius 2 is 1.53 bits per heavy atom. The Bertz CT molecular complexity index is 1000. The van der Waals surface area contributed by atoms with Crippen molar-refractivity contribution in [3.8, 4) is 11.5 Å². The second kappa shape index (κ2) is 10.8. The quantitative estimate of drug-likeness (QED) is 0.420. The number of hydrogen-bond donors (Lipinski definition) is 2. The van der Waals surface area contributed by atoms with E-state index in [0.29, 0.717) is 36.9 Å². The Hall–Kier alpha value is -3.58. The van der Waals surface area contributed by atoms with Gasteiger partial charge in [-0.15, -0.1) is 0 Å². The number of carbonyl (C=O) groups excluding carboxylic acids is 2. The molecule has 7 nitrogen and oxygen atoms in total. The van der Waals surface area contributed by atoms with Gasteiger partial charge >= 0.3 is 0 Å². The highest BCUT2D eigenvalue weighted by molar-refractivity contribution is 5.98. The van der Waals surface area contributed by atoms with E-state index < -0.39 is 11.8 Å². The highest BCUT2D eigenvalue weighted by Crippen LogP contribution is 2.25. The van der Waals surface area contributed by atoms with Crippen LogP contribution in [0.5, 0.6) is 11.5 Å². The zero-order valence-electron chi connectivity index (χ0n) is 16.7. The number of benzene rings is 3. The molecule has 0 atom stereocenters. The Labute approximate surface area is 174 Å². The first-order valence-corrected chi connectivity index (χ1v) is 9.68. The van der Waals surface area contributed by atoms with Gasteiger partial charge in [-0.3, -0.25) is 20.4 Å². The van der Waals surface area contributed by atoms with Crippen LogP contribution in [-0.2, 0) is 9.53 Å². The molecular weight excluding hydrogens is 384 g/mol. The highest BCUT2D eigenvalue weighted by atomic mass is 16.5. The van der Waals surface area contributed by atoms with Gasteiger partial charge in [0.25, 0.3) is 11.8 Å². The first-order valence-electron chi connectivity index (χ1n) is 9.68. The number of nitrogens with one attached hydrogen (secondary N) is 2. The lowest BCUT2D eigenvalue weighted by Crippen LogP contribution is -2.44. The molecule has 0 aliphatic carbocycles. The fraction of sp³-hybridized carbons (Fsp3) is 0.217. The monoisotopic (exact) mass is 408 g/mol. The van der Waals surface area contributed by atoms with Gasteiger partial charge in [0.2, 0.25) is 0 Å². The van der Waals surface area contributed by atoms with E-state index in [0.717, 1.165) is 10.8 Å². The summed E-state index contributed by atoms with van der Waals surface area (Å²) in [5.74, 6) is 0.0464. The topological polar surface area (TPSA) is 85.9 Å². The summed E-state index contributed by atoms with van der Waals surface area (Å²) in [4.78, 5) is 24.5. The SMILES string of the molecule is CCOCCOc1ccccc1C(=O)NNC(=O)COc1cccc2ccccc12. The molecule has 30 heavy (non-hydrogen) atoms. The first-order chi connectivity index (χ1) is 14.7. The van der Waals surface area contributed by atoms with Crippen molar-refractivity contribution in [3.63, 3.8) is 0 Å². The van der Waals surface area contributed by atoms with Gasteiger partial charge < -0.3 is 14.2 Å². The van der Waals surface area contributed by atoms with Crippen LogP contribution >= 0.6 is 0 Å². The molecule has 2 amide bonds. The van der Waals surface area contributed by atoms with Gasteiger partial charge in [0.05, 0.1) is 12.2 Å². The molecule has 0 saturated heterocycles. The number of para-hydroxylation sites is 1. The van der Waals surface area contributed by atoms with E-state index in [1.165, 1.54) is 0 Å². The van der Waals surface area contributed by atoms with Crippen LogP contribution < -0.4 is 20.3 Å². The summed E-state index contributed by atoms with van der Waals surface area (Å²) in [7, 11) is 0. The van der Waals surface area contributed by atoms with Crippen LogP contribution in [0.4, 0.5) is 0 Å². The van der Waals surface area contributed by atoms with Gasteiger partial charge in [-0.2, -0.15) is 0 Å². The molecule has 3 rings (SSSR count). The number of ether oxygens (including phenoxy) is 3. The average molecular weight is 408 g/mol. The van der Waals surface area contributed by atoms with Crippen LogP contribution in [0.15, 0.2) is 66.7 Å². The normalized spacial score (nSPS) is 10.4.